The van der Waals surface area contributed by atoms with Crippen LogP contribution in [-0.2, 0) is 27.4 Å². The molecule has 0 bridgehead atoms. The van der Waals surface area contributed by atoms with Gasteiger partial charge in [-0.3, -0.25) is 0 Å². The molecule has 0 aliphatic rings. The van der Waals surface area contributed by atoms with Crippen molar-refractivity contribution in [1.29, 1.82) is 0 Å². The summed E-state index contributed by atoms with van der Waals surface area (Å²) in [5.74, 6) is 0. The van der Waals surface area contributed by atoms with Gasteiger partial charge >= 0.3 is 0 Å². The van der Waals surface area contributed by atoms with Gasteiger partial charge in [-0.1, -0.05) is 92.9 Å². The first-order valence-electron chi connectivity index (χ1n) is 14.6. The molecule has 0 aromatic carbocycles. The van der Waals surface area contributed by atoms with Crippen LogP contribution >= 0.6 is 0 Å². The van der Waals surface area contributed by atoms with Crippen molar-refractivity contribution in [1.82, 2.24) is 0 Å². The van der Waals surface area contributed by atoms with Crippen molar-refractivity contribution >= 4 is 16.6 Å². The van der Waals surface area contributed by atoms with E-state index in [4.69, 9.17) is 14.6 Å². The molecule has 0 aromatic heterocycles. The Balaban J connectivity index is -0.00000578. The van der Waals surface area contributed by atoms with Gasteiger partial charge in [0.2, 0.25) is 0 Å². The predicted molar refractivity (Wildman–Crippen MR) is 160 cm³/mol. The van der Waals surface area contributed by atoms with Crippen LogP contribution in [0, 0.1) is 31.1 Å². The maximum Gasteiger partial charge on any atom is 0.191 e. The molecular weight excluding hydrogens is 755 g/mol. The molecule has 0 saturated heterocycles. The minimum Gasteiger partial charge on any atom is -0.677 e. The Morgan fingerprint density at radius 3 is 1.16 bits per heavy atom. The van der Waals surface area contributed by atoms with Crippen LogP contribution in [0.5, 0.6) is 0 Å². The second kappa shape index (κ2) is 20.7. The van der Waals surface area contributed by atoms with Crippen LogP contribution in [0.3, 0.4) is 0 Å². The normalized spacial score (nSPS) is 13.3. The topological polar surface area (TPSA) is 62.5 Å². The van der Waals surface area contributed by atoms with E-state index in [2.05, 4.69) is 67.7 Å². The van der Waals surface area contributed by atoms with E-state index in [0.717, 1.165) is 71.0 Å². The Labute approximate surface area is 270 Å². The molecule has 0 rings (SSSR count). The van der Waals surface area contributed by atoms with Crippen molar-refractivity contribution in [2.75, 3.05) is 19.8 Å². The summed E-state index contributed by atoms with van der Waals surface area (Å²) in [7, 11) is -3.26. The second-order valence-electron chi connectivity index (χ2n) is 14.0. The molecule has 2 N–H and O–H groups in total. The van der Waals surface area contributed by atoms with Crippen molar-refractivity contribution in [3.05, 3.63) is 5.73 Å². The quantitative estimate of drug-likeness (QED) is 0.0984. The Hall–Kier alpha value is 1.91. The molecule has 4 nitrogen and oxygen atoms in total. The van der Waals surface area contributed by atoms with Crippen LogP contribution in [-0.4, -0.2) is 47.1 Å². The molecule has 1 radical (unpaired) electrons. The fourth-order valence-corrected chi connectivity index (χ4v) is 6.04. The van der Waals surface area contributed by atoms with Gasteiger partial charge in [-0.25, -0.2) is 0 Å². The van der Waals surface area contributed by atoms with Crippen molar-refractivity contribution in [3.8, 4) is 0 Å². The molecule has 0 amide bonds. The monoisotopic (exact) mass is 819 g/mol. The molecule has 0 heterocycles. The molecule has 8 heteroatoms. The summed E-state index contributed by atoms with van der Waals surface area (Å²) in [5.41, 5.74) is 6.90. The van der Waals surface area contributed by atoms with E-state index in [1.54, 1.807) is 0 Å². The number of rotatable bonds is 20. The number of hydrogen-bond acceptors (Lipinski definition) is 3. The van der Waals surface area contributed by atoms with E-state index in [1.807, 2.05) is 0 Å². The minimum absolute atomic E-state index is 0. The number of hydrogen-bond donors (Lipinski definition) is 1. The predicted octanol–water partition coefficient (Wildman–Crippen LogP) is 9.88. The standard InChI is InChI=1S/C29H64NO3Si2.U.V/c1-27(2,3)34(7,8)32-25-19-13-11-15-21-29(31,23-17-18-24-30)22-16-12-14-20-26-33-35(9,10)28(4,5)6;;/h30-31H,11-26H2,1-10H3;;/q-1;;. The van der Waals surface area contributed by atoms with Gasteiger partial charge in [0.1, 0.15) is 0 Å². The van der Waals surface area contributed by atoms with Crippen molar-refractivity contribution < 1.29 is 63.6 Å². The zero-order chi connectivity index (χ0) is 27.2. The summed E-state index contributed by atoms with van der Waals surface area (Å²) in [4.78, 5) is 0. The summed E-state index contributed by atoms with van der Waals surface area (Å²) < 4.78 is 12.6. The van der Waals surface area contributed by atoms with Crippen LogP contribution in [0.2, 0.25) is 36.3 Å². The Morgan fingerprint density at radius 2 is 0.865 bits per heavy atom. The Bertz CT molecular complexity index is 512. The van der Waals surface area contributed by atoms with Crippen LogP contribution in [0.4, 0.5) is 0 Å². The maximum atomic E-state index is 11.3. The van der Waals surface area contributed by atoms with Gasteiger partial charge in [-0.15, -0.1) is 0 Å². The van der Waals surface area contributed by atoms with Gasteiger partial charge in [-0.05, 0) is 68.4 Å². The molecule has 37 heavy (non-hydrogen) atoms. The zero-order valence-corrected chi connectivity index (χ0v) is 34.1. The fourth-order valence-electron chi connectivity index (χ4n) is 3.86. The minimum atomic E-state index is -1.63. The fraction of sp³-hybridized carbons (Fsp3) is 1.00. The van der Waals surface area contributed by atoms with Crippen molar-refractivity contribution in [3.63, 3.8) is 0 Å². The molecule has 221 valence electrons. The summed E-state index contributed by atoms with van der Waals surface area (Å²) in [6.07, 6.45) is 13.7. The van der Waals surface area contributed by atoms with Crippen LogP contribution < -0.4 is 0 Å². The molecule has 0 aliphatic heterocycles. The summed E-state index contributed by atoms with van der Waals surface area (Å²) in [5, 5.41) is 11.9. The van der Waals surface area contributed by atoms with Gasteiger partial charge in [0.05, 0.1) is 5.60 Å². The van der Waals surface area contributed by atoms with Crippen molar-refractivity contribution in [2.45, 2.75) is 167 Å². The van der Waals surface area contributed by atoms with Crippen LogP contribution in [0.15, 0.2) is 0 Å². The first-order valence-corrected chi connectivity index (χ1v) is 20.4. The third kappa shape index (κ3) is 19.6. The van der Waals surface area contributed by atoms with Crippen LogP contribution in [0.1, 0.15) is 125 Å². The van der Waals surface area contributed by atoms with Gasteiger partial charge in [-0.2, -0.15) is 6.54 Å². The molecule has 0 aromatic rings. The number of nitrogens with one attached hydrogen (secondary N) is 1. The van der Waals surface area contributed by atoms with Gasteiger partial charge in [0.25, 0.3) is 0 Å². The summed E-state index contributed by atoms with van der Waals surface area (Å²) in [6.45, 7) is 25.3. The molecule has 0 aliphatic carbocycles. The van der Waals surface area contributed by atoms with Gasteiger partial charge in [0, 0.05) is 62.9 Å². The van der Waals surface area contributed by atoms with Crippen LogP contribution in [0.25, 0.3) is 5.73 Å². The summed E-state index contributed by atoms with van der Waals surface area (Å²) in [6, 6.07) is 0. The first-order chi connectivity index (χ1) is 16.0. The number of unbranched alkanes of at least 4 members (excludes halogenated alkanes) is 7. The Morgan fingerprint density at radius 1 is 0.568 bits per heavy atom. The van der Waals surface area contributed by atoms with E-state index in [0.29, 0.717) is 6.54 Å². The third-order valence-electron chi connectivity index (χ3n) is 8.68. The third-order valence-corrected chi connectivity index (χ3v) is 17.8. The van der Waals surface area contributed by atoms with E-state index in [9.17, 15) is 5.11 Å². The molecule has 0 atom stereocenters. The van der Waals surface area contributed by atoms with E-state index < -0.39 is 22.2 Å². The largest absolute Gasteiger partial charge is 0.677 e. The molecule has 0 fully saturated rings. The smallest absolute Gasteiger partial charge is 0.191 e. The van der Waals surface area contributed by atoms with E-state index in [-0.39, 0.29) is 59.7 Å². The van der Waals surface area contributed by atoms with Gasteiger partial charge < -0.3 is 19.7 Å². The van der Waals surface area contributed by atoms with E-state index >= 15 is 0 Å². The van der Waals surface area contributed by atoms with E-state index in [1.165, 1.54) is 25.7 Å². The molecular formula is C29H64NO3Si2UV-. The first kappa shape index (κ1) is 43.4. The second-order valence-corrected chi connectivity index (χ2v) is 23.6. The average molecular weight is 820 g/mol. The van der Waals surface area contributed by atoms with Gasteiger partial charge in [0.15, 0.2) is 16.6 Å². The molecule has 0 saturated carbocycles. The Kier molecular flexibility index (Phi) is 24.3. The zero-order valence-electron chi connectivity index (χ0n) is 26.5. The molecule has 0 unspecified atom stereocenters. The average Bonchev–Trinajstić information content (AvgIpc) is 2.71. The van der Waals surface area contributed by atoms with Crippen molar-refractivity contribution in [2.24, 2.45) is 0 Å². The number of aliphatic hydroxyl groups is 1. The SMILES string of the molecule is CC(C)(C)[Si](C)(C)OCCCCCCC(O)(CCCC[NH-])CCCCCCO[Si](C)(C)C(C)(C)C.[U].[V]. The maximum absolute atomic E-state index is 11.3. The summed E-state index contributed by atoms with van der Waals surface area (Å²) >= 11 is 0. The molecule has 0 spiro atoms.